The zero-order chi connectivity index (χ0) is 13.1. The maximum absolute atomic E-state index is 5.64. The van der Waals surface area contributed by atoms with Crippen LogP contribution in [0.4, 0.5) is 0 Å². The lowest BCUT2D eigenvalue weighted by Crippen LogP contribution is -2.14. The third-order valence-electron chi connectivity index (χ3n) is 3.21. The summed E-state index contributed by atoms with van der Waals surface area (Å²) in [5.74, 6) is 0. The number of nitrogens with two attached hydrogens (primary N) is 1. The molecule has 0 radical (unpaired) electrons. The molecular formula is C15H25NO. The molecule has 0 fully saturated rings. The van der Waals surface area contributed by atoms with E-state index in [0.29, 0.717) is 6.54 Å². The number of rotatable bonds is 4. The third-order valence-corrected chi connectivity index (χ3v) is 3.21. The molecule has 0 saturated heterocycles. The Morgan fingerprint density at radius 1 is 1.29 bits per heavy atom. The van der Waals surface area contributed by atoms with Gasteiger partial charge in [0.25, 0.3) is 0 Å². The lowest BCUT2D eigenvalue weighted by molar-refractivity contribution is 0.0971. The molecule has 0 aliphatic heterocycles. The van der Waals surface area contributed by atoms with Crippen LogP contribution in [0.25, 0.3) is 0 Å². The molecule has 0 aliphatic carbocycles. The van der Waals surface area contributed by atoms with Crippen molar-refractivity contribution in [3.63, 3.8) is 0 Å². The van der Waals surface area contributed by atoms with Crippen LogP contribution in [0.2, 0.25) is 0 Å². The van der Waals surface area contributed by atoms with Crippen LogP contribution in [-0.2, 0) is 10.2 Å². The van der Waals surface area contributed by atoms with Crippen molar-refractivity contribution in [3.8, 4) is 0 Å². The molecule has 1 atom stereocenters. The minimum Gasteiger partial charge on any atom is -0.377 e. The molecule has 96 valence electrons. The van der Waals surface area contributed by atoms with Gasteiger partial charge in [0, 0.05) is 7.11 Å². The summed E-state index contributed by atoms with van der Waals surface area (Å²) in [6, 6.07) is 6.64. The molecule has 1 unspecified atom stereocenters. The third kappa shape index (κ3) is 3.55. The normalized spacial score (nSPS) is 13.8. The second-order valence-corrected chi connectivity index (χ2v) is 5.62. The Bertz CT molecular complexity index is 366. The molecule has 0 spiro atoms. The fourth-order valence-corrected chi connectivity index (χ4v) is 2.01. The van der Waals surface area contributed by atoms with Gasteiger partial charge in [-0.05, 0) is 42.0 Å². The van der Waals surface area contributed by atoms with Gasteiger partial charge >= 0.3 is 0 Å². The largest absolute Gasteiger partial charge is 0.377 e. The van der Waals surface area contributed by atoms with Crippen molar-refractivity contribution < 1.29 is 4.74 Å². The van der Waals surface area contributed by atoms with Crippen LogP contribution in [0.3, 0.4) is 0 Å². The number of hydrogen-bond donors (Lipinski definition) is 1. The molecule has 2 N–H and O–H groups in total. The van der Waals surface area contributed by atoms with E-state index < -0.39 is 0 Å². The van der Waals surface area contributed by atoms with E-state index in [9.17, 15) is 0 Å². The molecule has 1 aromatic carbocycles. The monoisotopic (exact) mass is 235 g/mol. The van der Waals surface area contributed by atoms with Crippen LogP contribution in [0.1, 0.15) is 50.0 Å². The average molecular weight is 235 g/mol. The summed E-state index contributed by atoms with van der Waals surface area (Å²) in [4.78, 5) is 0. The molecular weight excluding hydrogens is 210 g/mol. The van der Waals surface area contributed by atoms with E-state index in [2.05, 4.69) is 45.9 Å². The van der Waals surface area contributed by atoms with Crippen molar-refractivity contribution in [2.75, 3.05) is 13.7 Å². The number of methoxy groups -OCH3 is 1. The van der Waals surface area contributed by atoms with Crippen molar-refractivity contribution >= 4 is 0 Å². The Morgan fingerprint density at radius 3 is 2.41 bits per heavy atom. The van der Waals surface area contributed by atoms with Gasteiger partial charge in [-0.25, -0.2) is 0 Å². The Morgan fingerprint density at radius 2 is 1.94 bits per heavy atom. The van der Waals surface area contributed by atoms with E-state index in [4.69, 9.17) is 10.5 Å². The second-order valence-electron chi connectivity index (χ2n) is 5.62. The van der Waals surface area contributed by atoms with Crippen LogP contribution in [0, 0.1) is 6.92 Å². The molecule has 0 aromatic heterocycles. The standard InChI is InChI=1S/C15H25NO/c1-11-6-7-12(15(2,3)4)10-13(11)14(17-5)8-9-16/h6-7,10,14H,8-9,16H2,1-5H3. The van der Waals surface area contributed by atoms with Gasteiger partial charge in [0.2, 0.25) is 0 Å². The summed E-state index contributed by atoms with van der Waals surface area (Å²) in [5, 5.41) is 0. The van der Waals surface area contributed by atoms with Gasteiger partial charge in [-0.15, -0.1) is 0 Å². The zero-order valence-corrected chi connectivity index (χ0v) is 11.7. The summed E-state index contributed by atoms with van der Waals surface area (Å²) in [6.45, 7) is 9.46. The Kier molecular flexibility index (Phi) is 4.72. The van der Waals surface area contributed by atoms with E-state index in [-0.39, 0.29) is 11.5 Å². The Labute approximate surface area is 105 Å². The number of hydrogen-bond acceptors (Lipinski definition) is 2. The van der Waals surface area contributed by atoms with Gasteiger partial charge in [0.05, 0.1) is 6.10 Å². The predicted octanol–water partition coefficient (Wildman–Crippen LogP) is 3.33. The summed E-state index contributed by atoms with van der Waals surface area (Å²) in [5.41, 5.74) is 9.70. The van der Waals surface area contributed by atoms with E-state index in [0.717, 1.165) is 6.42 Å². The first-order valence-corrected chi connectivity index (χ1v) is 6.24. The molecule has 2 nitrogen and oxygen atoms in total. The smallest absolute Gasteiger partial charge is 0.0835 e. The second kappa shape index (κ2) is 5.65. The van der Waals surface area contributed by atoms with Gasteiger partial charge in [0.15, 0.2) is 0 Å². The summed E-state index contributed by atoms with van der Waals surface area (Å²) >= 11 is 0. The average Bonchev–Trinajstić information content (AvgIpc) is 2.25. The molecule has 0 bridgehead atoms. The van der Waals surface area contributed by atoms with E-state index in [1.807, 2.05) is 0 Å². The van der Waals surface area contributed by atoms with Crippen molar-refractivity contribution in [2.45, 2.75) is 45.6 Å². The first-order valence-electron chi connectivity index (χ1n) is 6.24. The fourth-order valence-electron chi connectivity index (χ4n) is 2.01. The van der Waals surface area contributed by atoms with E-state index in [1.165, 1.54) is 16.7 Å². The lowest BCUT2D eigenvalue weighted by Gasteiger charge is -2.23. The van der Waals surface area contributed by atoms with Crippen LogP contribution >= 0.6 is 0 Å². The molecule has 1 rings (SSSR count). The highest BCUT2D eigenvalue weighted by molar-refractivity contribution is 5.36. The van der Waals surface area contributed by atoms with Gasteiger partial charge in [0.1, 0.15) is 0 Å². The van der Waals surface area contributed by atoms with Gasteiger partial charge in [-0.3, -0.25) is 0 Å². The lowest BCUT2D eigenvalue weighted by atomic mass is 9.84. The zero-order valence-electron chi connectivity index (χ0n) is 11.7. The summed E-state index contributed by atoms with van der Waals surface area (Å²) < 4.78 is 5.55. The SMILES string of the molecule is COC(CCN)c1cc(C(C)(C)C)ccc1C. The Hall–Kier alpha value is -0.860. The fraction of sp³-hybridized carbons (Fsp3) is 0.600. The van der Waals surface area contributed by atoms with E-state index >= 15 is 0 Å². The van der Waals surface area contributed by atoms with Crippen molar-refractivity contribution in [1.29, 1.82) is 0 Å². The summed E-state index contributed by atoms with van der Waals surface area (Å²) in [7, 11) is 1.75. The first-order chi connectivity index (χ1) is 7.90. The molecule has 2 heteroatoms. The van der Waals surface area contributed by atoms with Crippen molar-refractivity contribution in [2.24, 2.45) is 5.73 Å². The predicted molar refractivity (Wildman–Crippen MR) is 73.3 cm³/mol. The molecule has 17 heavy (non-hydrogen) atoms. The van der Waals surface area contributed by atoms with Crippen LogP contribution < -0.4 is 5.73 Å². The minimum atomic E-state index is 0.113. The highest BCUT2D eigenvalue weighted by Crippen LogP contribution is 2.29. The highest BCUT2D eigenvalue weighted by atomic mass is 16.5. The van der Waals surface area contributed by atoms with Gasteiger partial charge in [-0.1, -0.05) is 39.0 Å². The van der Waals surface area contributed by atoms with Gasteiger partial charge < -0.3 is 10.5 Å². The topological polar surface area (TPSA) is 35.2 Å². The minimum absolute atomic E-state index is 0.113. The maximum atomic E-state index is 5.64. The number of benzene rings is 1. The van der Waals surface area contributed by atoms with Crippen LogP contribution in [-0.4, -0.2) is 13.7 Å². The molecule has 0 amide bonds. The molecule has 0 aliphatic rings. The number of ether oxygens (including phenoxy) is 1. The molecule has 0 heterocycles. The molecule has 1 aromatic rings. The Balaban J connectivity index is 3.13. The van der Waals surface area contributed by atoms with Gasteiger partial charge in [-0.2, -0.15) is 0 Å². The number of aryl methyl sites for hydroxylation is 1. The highest BCUT2D eigenvalue weighted by Gasteiger charge is 2.18. The van der Waals surface area contributed by atoms with Crippen molar-refractivity contribution in [3.05, 3.63) is 34.9 Å². The van der Waals surface area contributed by atoms with Crippen molar-refractivity contribution in [1.82, 2.24) is 0 Å². The summed E-state index contributed by atoms with van der Waals surface area (Å²) in [6.07, 6.45) is 0.979. The van der Waals surface area contributed by atoms with Crippen LogP contribution in [0.15, 0.2) is 18.2 Å². The quantitative estimate of drug-likeness (QED) is 0.868. The molecule has 0 saturated carbocycles. The maximum Gasteiger partial charge on any atom is 0.0835 e. The first kappa shape index (κ1) is 14.2. The van der Waals surface area contributed by atoms with E-state index in [1.54, 1.807) is 7.11 Å². The van der Waals surface area contributed by atoms with Crippen LogP contribution in [0.5, 0.6) is 0 Å².